The number of carbonyl (C=O) groups excluding carboxylic acids is 6. The highest BCUT2D eigenvalue weighted by Crippen LogP contribution is 2.42. The van der Waals surface area contributed by atoms with Crippen LogP contribution in [0.15, 0.2) is 22.0 Å². The molecule has 4 aliphatic heterocycles. The van der Waals surface area contributed by atoms with Crippen LogP contribution in [-0.4, -0.2) is 69.6 Å². The Morgan fingerprint density at radius 1 is 0.707 bits per heavy atom. The molecule has 2 atom stereocenters. The van der Waals surface area contributed by atoms with Gasteiger partial charge in [-0.25, -0.2) is 0 Å². The Morgan fingerprint density at radius 3 is 1.44 bits per heavy atom. The van der Waals surface area contributed by atoms with Crippen LogP contribution in [0.25, 0.3) is 0 Å². The molecule has 41 heavy (non-hydrogen) atoms. The van der Waals surface area contributed by atoms with Gasteiger partial charge in [0.1, 0.15) is 11.6 Å². The number of thioether (sulfide) groups is 2. The lowest BCUT2D eigenvalue weighted by Crippen LogP contribution is -2.47. The summed E-state index contributed by atoms with van der Waals surface area (Å²) in [6.07, 6.45) is 6.64. The molecule has 0 aromatic heterocycles. The van der Waals surface area contributed by atoms with Crippen molar-refractivity contribution >= 4 is 58.7 Å². The number of ketones is 2. The van der Waals surface area contributed by atoms with E-state index in [4.69, 9.17) is 0 Å². The van der Waals surface area contributed by atoms with Crippen molar-refractivity contribution in [3.05, 3.63) is 22.0 Å². The SMILES string of the molecule is C.CC(C)(CCC(=O)CCC(=O)CCC(C)(C)CN1C(=O)C=C2SCCC2C1=O)CN1C(=O)C=C2SCCC2C1=O. The Balaban J connectivity index is 0.00000462. The van der Waals surface area contributed by atoms with E-state index in [1.54, 1.807) is 35.7 Å². The summed E-state index contributed by atoms with van der Waals surface area (Å²) < 4.78 is 0. The van der Waals surface area contributed by atoms with Crippen molar-refractivity contribution in [1.29, 1.82) is 0 Å². The number of Topliss-reactive ketones (excluding diaryl/α,β-unsaturated/α-hetero) is 2. The second kappa shape index (κ2) is 13.4. The fourth-order valence-electron chi connectivity index (χ4n) is 5.65. The minimum absolute atomic E-state index is 0. The molecular weight excluding hydrogens is 560 g/mol. The predicted octanol–water partition coefficient (Wildman–Crippen LogP) is 5.17. The second-order valence-electron chi connectivity index (χ2n) is 12.9. The lowest BCUT2D eigenvalue weighted by molar-refractivity contribution is -0.148. The normalized spacial score (nSPS) is 22.7. The van der Waals surface area contributed by atoms with Gasteiger partial charge in [-0.3, -0.25) is 38.6 Å². The fraction of sp³-hybridized carbons (Fsp3) is 0.677. The van der Waals surface area contributed by atoms with Crippen LogP contribution < -0.4 is 0 Å². The maximum atomic E-state index is 12.8. The molecule has 0 radical (unpaired) electrons. The quantitative estimate of drug-likeness (QED) is 0.265. The van der Waals surface area contributed by atoms with Crippen molar-refractivity contribution in [2.24, 2.45) is 22.7 Å². The number of carbonyl (C=O) groups is 6. The Labute approximate surface area is 252 Å². The first-order chi connectivity index (χ1) is 18.8. The maximum Gasteiger partial charge on any atom is 0.254 e. The van der Waals surface area contributed by atoms with Gasteiger partial charge in [0, 0.05) is 60.7 Å². The molecule has 2 fully saturated rings. The molecule has 4 rings (SSSR count). The second-order valence-corrected chi connectivity index (χ2v) is 15.2. The minimum Gasteiger partial charge on any atom is -0.300 e. The van der Waals surface area contributed by atoms with Crippen LogP contribution in [0.5, 0.6) is 0 Å². The maximum absolute atomic E-state index is 12.8. The van der Waals surface area contributed by atoms with E-state index in [-0.39, 0.29) is 93.2 Å². The zero-order valence-corrected chi connectivity index (χ0v) is 25.6. The third kappa shape index (κ3) is 8.21. The molecule has 0 aromatic rings. The lowest BCUT2D eigenvalue weighted by Gasteiger charge is -2.34. The molecule has 0 saturated carbocycles. The number of hydrogen-bond donors (Lipinski definition) is 0. The molecule has 2 saturated heterocycles. The zero-order chi connectivity index (χ0) is 29.2. The van der Waals surface area contributed by atoms with E-state index in [2.05, 4.69) is 0 Å². The third-order valence-electron chi connectivity index (χ3n) is 8.25. The molecule has 0 N–H and O–H groups in total. The van der Waals surface area contributed by atoms with Gasteiger partial charge in [-0.05, 0) is 48.0 Å². The van der Waals surface area contributed by atoms with Gasteiger partial charge >= 0.3 is 0 Å². The Bertz CT molecular complexity index is 1080. The number of amides is 4. The van der Waals surface area contributed by atoms with Crippen LogP contribution >= 0.6 is 23.5 Å². The third-order valence-corrected chi connectivity index (χ3v) is 10.6. The van der Waals surface area contributed by atoms with Gasteiger partial charge < -0.3 is 0 Å². The summed E-state index contributed by atoms with van der Waals surface area (Å²) in [6, 6.07) is 0. The van der Waals surface area contributed by atoms with Crippen LogP contribution in [0.3, 0.4) is 0 Å². The first-order valence-electron chi connectivity index (χ1n) is 14.2. The van der Waals surface area contributed by atoms with Crippen molar-refractivity contribution in [2.45, 2.75) is 86.5 Å². The monoisotopic (exact) mass is 604 g/mol. The van der Waals surface area contributed by atoms with Crippen molar-refractivity contribution in [3.63, 3.8) is 0 Å². The molecule has 4 amide bonds. The van der Waals surface area contributed by atoms with Gasteiger partial charge in [0.05, 0.1) is 11.8 Å². The molecule has 0 spiro atoms. The number of fused-ring (bicyclic) bond motifs is 2. The lowest BCUT2D eigenvalue weighted by atomic mass is 9.84. The van der Waals surface area contributed by atoms with E-state index in [1.807, 2.05) is 27.7 Å². The van der Waals surface area contributed by atoms with Crippen LogP contribution in [0.1, 0.15) is 86.5 Å². The summed E-state index contributed by atoms with van der Waals surface area (Å²) in [5, 5.41) is 0. The molecule has 226 valence electrons. The van der Waals surface area contributed by atoms with E-state index in [1.165, 1.54) is 9.80 Å². The average molecular weight is 605 g/mol. The summed E-state index contributed by atoms with van der Waals surface area (Å²) in [6.45, 7) is 8.37. The predicted molar refractivity (Wildman–Crippen MR) is 163 cm³/mol. The summed E-state index contributed by atoms with van der Waals surface area (Å²) in [7, 11) is 0. The van der Waals surface area contributed by atoms with Gasteiger partial charge in [0.15, 0.2) is 0 Å². The highest BCUT2D eigenvalue weighted by molar-refractivity contribution is 8.03. The Kier molecular flexibility index (Phi) is 10.9. The Morgan fingerprint density at radius 2 is 1.07 bits per heavy atom. The molecule has 0 aromatic carbocycles. The van der Waals surface area contributed by atoms with Crippen molar-refractivity contribution in [2.75, 3.05) is 24.6 Å². The van der Waals surface area contributed by atoms with E-state index in [0.29, 0.717) is 12.8 Å². The first-order valence-corrected chi connectivity index (χ1v) is 16.2. The van der Waals surface area contributed by atoms with Crippen molar-refractivity contribution in [1.82, 2.24) is 9.80 Å². The molecule has 4 heterocycles. The van der Waals surface area contributed by atoms with E-state index in [9.17, 15) is 28.8 Å². The van der Waals surface area contributed by atoms with Crippen LogP contribution in [0.4, 0.5) is 0 Å². The van der Waals surface area contributed by atoms with Crippen LogP contribution in [-0.2, 0) is 28.8 Å². The van der Waals surface area contributed by atoms with Crippen LogP contribution in [0.2, 0.25) is 0 Å². The van der Waals surface area contributed by atoms with Gasteiger partial charge in [0.2, 0.25) is 11.8 Å². The molecule has 10 heteroatoms. The van der Waals surface area contributed by atoms with E-state index >= 15 is 0 Å². The standard InChI is InChI=1S/C30H40N2O6S2.CH4/c1-29(2,17-31-25(35)15-23-21(27(31)37)9-13-39-23)11-7-19(33)5-6-20(34)8-12-30(3,4)18-32-26(36)16-24-22(28(32)38)10-14-40-24;/h15-16,21-22H,5-14,17-18H2,1-4H3;1H4. The number of hydrogen-bond acceptors (Lipinski definition) is 8. The molecule has 2 unspecified atom stereocenters. The van der Waals surface area contributed by atoms with E-state index < -0.39 is 10.8 Å². The van der Waals surface area contributed by atoms with Crippen molar-refractivity contribution in [3.8, 4) is 0 Å². The average Bonchev–Trinajstić information content (AvgIpc) is 3.55. The summed E-state index contributed by atoms with van der Waals surface area (Å²) >= 11 is 3.16. The summed E-state index contributed by atoms with van der Waals surface area (Å²) in [4.78, 5) is 80.3. The molecular formula is C31H44N2O6S2. The highest BCUT2D eigenvalue weighted by atomic mass is 32.2. The molecule has 4 aliphatic rings. The number of rotatable bonds is 13. The highest BCUT2D eigenvalue weighted by Gasteiger charge is 2.42. The van der Waals surface area contributed by atoms with Gasteiger partial charge in [-0.1, -0.05) is 35.1 Å². The minimum atomic E-state index is -0.414. The van der Waals surface area contributed by atoms with Crippen LogP contribution in [0, 0.1) is 22.7 Å². The van der Waals surface area contributed by atoms with E-state index in [0.717, 1.165) is 34.2 Å². The van der Waals surface area contributed by atoms with Gasteiger partial charge in [0.25, 0.3) is 11.8 Å². The smallest absolute Gasteiger partial charge is 0.254 e. The Hall–Kier alpha value is -2.20. The zero-order valence-electron chi connectivity index (χ0n) is 24.0. The molecule has 8 nitrogen and oxygen atoms in total. The topological polar surface area (TPSA) is 109 Å². The number of imide groups is 2. The van der Waals surface area contributed by atoms with Gasteiger partial charge in [-0.15, -0.1) is 23.5 Å². The van der Waals surface area contributed by atoms with Crippen molar-refractivity contribution < 1.29 is 28.8 Å². The summed E-state index contributed by atoms with van der Waals surface area (Å²) in [5.74, 6) is 0.488. The molecule has 0 aliphatic carbocycles. The van der Waals surface area contributed by atoms with Gasteiger partial charge in [-0.2, -0.15) is 0 Å². The largest absolute Gasteiger partial charge is 0.300 e. The summed E-state index contributed by atoms with van der Waals surface area (Å²) in [5.41, 5.74) is -0.828. The fourth-order valence-corrected chi connectivity index (χ4v) is 8.04. The number of nitrogens with zero attached hydrogens (tertiary/aromatic N) is 2. The first kappa shape index (κ1) is 33.3. The molecule has 0 bridgehead atoms.